The van der Waals surface area contributed by atoms with Crippen LogP contribution in [0.15, 0.2) is 46.8 Å². The molecule has 0 unspecified atom stereocenters. The number of hydrogen-bond acceptors (Lipinski definition) is 9. The Hall–Kier alpha value is -3.05. The molecule has 1 N–H and O–H groups in total. The van der Waals surface area contributed by atoms with E-state index in [4.69, 9.17) is 0 Å². The molecule has 0 radical (unpaired) electrons. The van der Waals surface area contributed by atoms with Gasteiger partial charge in [0.2, 0.25) is 0 Å². The van der Waals surface area contributed by atoms with Crippen molar-refractivity contribution in [3.8, 4) is 11.4 Å². The topological polar surface area (TPSA) is 112 Å². The lowest BCUT2D eigenvalue weighted by atomic mass is 10.2. The standard InChI is InChI=1S/C17H15N7O2S2/c1-2-27-17-19-14-8-5-12(9-15(14)28-17)18-10-23-16(20-21-22-23)11-3-6-13(7-4-11)24(25)26/h3-9,18H,2,10H2,1H3. The van der Waals surface area contributed by atoms with E-state index in [0.29, 0.717) is 18.1 Å². The van der Waals surface area contributed by atoms with Gasteiger partial charge >= 0.3 is 0 Å². The minimum absolute atomic E-state index is 0.0272. The van der Waals surface area contributed by atoms with Crippen LogP contribution in [0.5, 0.6) is 0 Å². The first-order chi connectivity index (χ1) is 13.6. The first-order valence-electron chi connectivity index (χ1n) is 8.42. The number of aromatic nitrogens is 5. The number of nitrogens with one attached hydrogen (secondary N) is 1. The van der Waals surface area contributed by atoms with E-state index in [9.17, 15) is 10.1 Å². The van der Waals surface area contributed by atoms with Gasteiger partial charge in [-0.05, 0) is 46.5 Å². The third-order valence-corrected chi connectivity index (χ3v) is 5.98. The molecule has 28 heavy (non-hydrogen) atoms. The van der Waals surface area contributed by atoms with Crippen LogP contribution in [0.3, 0.4) is 0 Å². The van der Waals surface area contributed by atoms with Crippen molar-refractivity contribution in [3.63, 3.8) is 0 Å². The molecular weight excluding hydrogens is 398 g/mol. The van der Waals surface area contributed by atoms with Crippen molar-refractivity contribution >= 4 is 44.7 Å². The lowest BCUT2D eigenvalue weighted by Gasteiger charge is -2.08. The Kier molecular flexibility index (Phi) is 5.17. The molecule has 2 heterocycles. The van der Waals surface area contributed by atoms with E-state index in [1.54, 1.807) is 39.9 Å². The summed E-state index contributed by atoms with van der Waals surface area (Å²) >= 11 is 3.41. The molecule has 11 heteroatoms. The van der Waals surface area contributed by atoms with Crippen LogP contribution in [0.2, 0.25) is 0 Å². The summed E-state index contributed by atoms with van der Waals surface area (Å²) in [5.41, 5.74) is 2.66. The molecule has 0 aliphatic rings. The van der Waals surface area contributed by atoms with Crippen LogP contribution in [0.25, 0.3) is 21.6 Å². The van der Waals surface area contributed by atoms with Gasteiger partial charge in [0, 0.05) is 23.4 Å². The zero-order chi connectivity index (χ0) is 19.5. The predicted octanol–water partition coefficient (Wildman–Crippen LogP) is 4.04. The van der Waals surface area contributed by atoms with Gasteiger partial charge in [-0.25, -0.2) is 9.67 Å². The number of anilines is 1. The van der Waals surface area contributed by atoms with Crippen molar-refractivity contribution in [1.29, 1.82) is 0 Å². The molecule has 0 saturated heterocycles. The van der Waals surface area contributed by atoms with E-state index in [-0.39, 0.29) is 5.69 Å². The number of hydrogen-bond donors (Lipinski definition) is 1. The van der Waals surface area contributed by atoms with Crippen LogP contribution < -0.4 is 5.32 Å². The lowest BCUT2D eigenvalue weighted by molar-refractivity contribution is -0.384. The number of rotatable bonds is 7. The quantitative estimate of drug-likeness (QED) is 0.274. The van der Waals surface area contributed by atoms with Crippen LogP contribution in [-0.2, 0) is 6.67 Å². The molecule has 2 aromatic carbocycles. The average molecular weight is 413 g/mol. The van der Waals surface area contributed by atoms with Crippen LogP contribution in [0.1, 0.15) is 6.92 Å². The maximum absolute atomic E-state index is 10.8. The van der Waals surface area contributed by atoms with Crippen molar-refractivity contribution in [3.05, 3.63) is 52.6 Å². The van der Waals surface area contributed by atoms with E-state index in [0.717, 1.165) is 26.0 Å². The van der Waals surface area contributed by atoms with E-state index < -0.39 is 4.92 Å². The van der Waals surface area contributed by atoms with Gasteiger partial charge in [-0.3, -0.25) is 10.1 Å². The van der Waals surface area contributed by atoms with E-state index in [2.05, 4.69) is 38.8 Å². The Balaban J connectivity index is 1.50. The number of tetrazole rings is 1. The molecule has 0 bridgehead atoms. The van der Waals surface area contributed by atoms with Crippen LogP contribution in [0, 0.1) is 10.1 Å². The molecular formula is C17H15N7O2S2. The summed E-state index contributed by atoms with van der Waals surface area (Å²) in [6, 6.07) is 12.2. The summed E-state index contributed by atoms with van der Waals surface area (Å²) in [6.07, 6.45) is 0. The van der Waals surface area contributed by atoms with Crippen LogP contribution >= 0.6 is 23.1 Å². The minimum Gasteiger partial charge on any atom is -0.366 e. The largest absolute Gasteiger partial charge is 0.366 e. The molecule has 4 aromatic rings. The molecule has 0 fully saturated rings. The molecule has 0 aliphatic heterocycles. The maximum atomic E-state index is 10.8. The van der Waals surface area contributed by atoms with E-state index in [1.807, 2.05) is 12.1 Å². The number of nitrogens with zero attached hydrogens (tertiary/aromatic N) is 6. The number of non-ortho nitro benzene ring substituents is 1. The zero-order valence-corrected chi connectivity index (χ0v) is 16.4. The third-order valence-electron chi connectivity index (χ3n) is 3.94. The number of thiazole rings is 1. The second-order valence-electron chi connectivity index (χ2n) is 5.74. The van der Waals surface area contributed by atoms with Gasteiger partial charge in [-0.15, -0.1) is 16.4 Å². The molecule has 0 aliphatic carbocycles. The molecule has 2 aromatic heterocycles. The number of benzene rings is 2. The summed E-state index contributed by atoms with van der Waals surface area (Å²) in [4.78, 5) is 15.0. The average Bonchev–Trinajstić information content (AvgIpc) is 3.32. The normalized spacial score (nSPS) is 11.0. The summed E-state index contributed by atoms with van der Waals surface area (Å²) < 4.78 is 3.79. The number of nitro groups is 1. The maximum Gasteiger partial charge on any atom is 0.269 e. The summed E-state index contributed by atoms with van der Waals surface area (Å²) in [6.45, 7) is 2.47. The molecule has 0 atom stereocenters. The highest BCUT2D eigenvalue weighted by molar-refractivity contribution is 8.01. The van der Waals surface area contributed by atoms with Gasteiger partial charge in [-0.1, -0.05) is 18.7 Å². The third kappa shape index (κ3) is 3.80. The second kappa shape index (κ2) is 7.90. The molecule has 0 saturated carbocycles. The number of nitro benzene ring substituents is 1. The Labute approximate surface area is 167 Å². The summed E-state index contributed by atoms with van der Waals surface area (Å²) in [5, 5.41) is 25.9. The highest BCUT2D eigenvalue weighted by Crippen LogP contribution is 2.31. The van der Waals surface area contributed by atoms with Crippen molar-refractivity contribution < 1.29 is 4.92 Å². The molecule has 0 amide bonds. The van der Waals surface area contributed by atoms with Crippen molar-refractivity contribution in [2.24, 2.45) is 0 Å². The van der Waals surface area contributed by atoms with Gasteiger partial charge in [0.05, 0.1) is 15.1 Å². The van der Waals surface area contributed by atoms with Crippen molar-refractivity contribution in [2.45, 2.75) is 17.9 Å². The van der Waals surface area contributed by atoms with Gasteiger partial charge < -0.3 is 5.32 Å². The van der Waals surface area contributed by atoms with Crippen LogP contribution in [0.4, 0.5) is 11.4 Å². The van der Waals surface area contributed by atoms with Crippen molar-refractivity contribution in [2.75, 3.05) is 11.1 Å². The second-order valence-corrected chi connectivity index (χ2v) is 8.28. The molecule has 9 nitrogen and oxygen atoms in total. The van der Waals surface area contributed by atoms with E-state index >= 15 is 0 Å². The van der Waals surface area contributed by atoms with Crippen LogP contribution in [-0.4, -0.2) is 35.9 Å². The minimum atomic E-state index is -0.436. The number of thioether (sulfide) groups is 1. The van der Waals surface area contributed by atoms with Gasteiger partial charge in [0.1, 0.15) is 6.67 Å². The van der Waals surface area contributed by atoms with E-state index in [1.165, 1.54) is 12.1 Å². The fraction of sp³-hybridized carbons (Fsp3) is 0.176. The van der Waals surface area contributed by atoms with Gasteiger partial charge in [0.25, 0.3) is 5.69 Å². The number of fused-ring (bicyclic) bond motifs is 1. The Morgan fingerprint density at radius 3 is 2.82 bits per heavy atom. The fourth-order valence-corrected chi connectivity index (χ4v) is 4.62. The Bertz CT molecular complexity index is 1120. The van der Waals surface area contributed by atoms with Gasteiger partial charge in [-0.2, -0.15) is 0 Å². The highest BCUT2D eigenvalue weighted by Gasteiger charge is 2.12. The zero-order valence-electron chi connectivity index (χ0n) is 14.8. The first kappa shape index (κ1) is 18.3. The SMILES string of the molecule is CCSc1nc2ccc(NCn3nnnc3-c3ccc([N+](=O)[O-])cc3)cc2s1. The Morgan fingerprint density at radius 2 is 2.07 bits per heavy atom. The van der Waals surface area contributed by atoms with Crippen molar-refractivity contribution in [1.82, 2.24) is 25.2 Å². The first-order valence-corrected chi connectivity index (χ1v) is 10.2. The molecule has 4 rings (SSSR count). The summed E-state index contributed by atoms with van der Waals surface area (Å²) in [5.74, 6) is 1.53. The molecule has 142 valence electrons. The predicted molar refractivity (Wildman–Crippen MR) is 110 cm³/mol. The fourth-order valence-electron chi connectivity index (χ4n) is 2.61. The summed E-state index contributed by atoms with van der Waals surface area (Å²) in [7, 11) is 0. The Morgan fingerprint density at radius 1 is 1.25 bits per heavy atom. The highest BCUT2D eigenvalue weighted by atomic mass is 32.2. The van der Waals surface area contributed by atoms with Gasteiger partial charge in [0.15, 0.2) is 10.2 Å². The molecule has 0 spiro atoms. The monoisotopic (exact) mass is 413 g/mol. The lowest BCUT2D eigenvalue weighted by Crippen LogP contribution is -2.11. The smallest absolute Gasteiger partial charge is 0.269 e.